The zero-order valence-electron chi connectivity index (χ0n) is 15.0. The highest BCUT2D eigenvalue weighted by atomic mass is 16.2. The van der Waals surface area contributed by atoms with Gasteiger partial charge in [-0.2, -0.15) is 0 Å². The third kappa shape index (κ3) is 3.23. The van der Waals surface area contributed by atoms with E-state index in [1.54, 1.807) is 0 Å². The van der Waals surface area contributed by atoms with Crippen molar-refractivity contribution in [1.82, 2.24) is 9.47 Å². The molecule has 2 heterocycles. The number of benzene rings is 2. The molecule has 0 spiro atoms. The summed E-state index contributed by atoms with van der Waals surface area (Å²) in [4.78, 5) is 17.3. The van der Waals surface area contributed by atoms with Crippen LogP contribution in [0.15, 0.2) is 73.1 Å². The summed E-state index contributed by atoms with van der Waals surface area (Å²) in [7, 11) is 0. The third-order valence-electron chi connectivity index (χ3n) is 5.02. The number of hydrogen-bond donors (Lipinski definition) is 0. The Morgan fingerprint density at radius 2 is 1.58 bits per heavy atom. The molecule has 1 fully saturated rings. The van der Waals surface area contributed by atoms with Gasteiger partial charge in [0.15, 0.2) is 0 Å². The number of piperazine rings is 1. The van der Waals surface area contributed by atoms with E-state index in [4.69, 9.17) is 0 Å². The number of rotatable bonds is 3. The lowest BCUT2D eigenvalue weighted by Gasteiger charge is -2.36. The van der Waals surface area contributed by atoms with Crippen LogP contribution in [-0.4, -0.2) is 41.6 Å². The maximum Gasteiger partial charge on any atom is 0.254 e. The van der Waals surface area contributed by atoms with E-state index < -0.39 is 0 Å². The molecule has 132 valence electrons. The molecular formula is C22H23N3O. The molecule has 4 nitrogen and oxygen atoms in total. The Morgan fingerprint density at radius 1 is 0.846 bits per heavy atom. The highest BCUT2D eigenvalue weighted by Gasteiger charge is 2.23. The Kier molecular flexibility index (Phi) is 4.48. The van der Waals surface area contributed by atoms with Crippen molar-refractivity contribution >= 4 is 11.6 Å². The summed E-state index contributed by atoms with van der Waals surface area (Å²) in [5.41, 5.74) is 4.32. The van der Waals surface area contributed by atoms with Gasteiger partial charge in [0, 0.05) is 55.5 Å². The zero-order valence-corrected chi connectivity index (χ0v) is 15.0. The molecule has 1 saturated heterocycles. The van der Waals surface area contributed by atoms with Gasteiger partial charge in [-0.1, -0.05) is 24.3 Å². The van der Waals surface area contributed by atoms with Crippen LogP contribution in [0.2, 0.25) is 0 Å². The van der Waals surface area contributed by atoms with Crippen molar-refractivity contribution < 1.29 is 4.79 Å². The lowest BCUT2D eigenvalue weighted by molar-refractivity contribution is 0.0746. The Labute approximate surface area is 154 Å². The minimum atomic E-state index is 0.114. The van der Waals surface area contributed by atoms with E-state index in [2.05, 4.69) is 36.1 Å². The van der Waals surface area contributed by atoms with Gasteiger partial charge in [-0.05, 0) is 48.9 Å². The van der Waals surface area contributed by atoms with Gasteiger partial charge in [-0.15, -0.1) is 0 Å². The van der Waals surface area contributed by atoms with E-state index in [0.29, 0.717) is 0 Å². The van der Waals surface area contributed by atoms with Crippen LogP contribution < -0.4 is 4.90 Å². The molecule has 0 bridgehead atoms. The number of anilines is 1. The maximum atomic E-state index is 12.9. The monoisotopic (exact) mass is 345 g/mol. The molecule has 0 unspecified atom stereocenters. The van der Waals surface area contributed by atoms with E-state index in [-0.39, 0.29) is 5.91 Å². The Balaban J connectivity index is 1.46. The number of nitrogens with zero attached hydrogens (tertiary/aromatic N) is 3. The van der Waals surface area contributed by atoms with Gasteiger partial charge < -0.3 is 14.4 Å². The number of carbonyl (C=O) groups excluding carboxylic acids is 1. The first kappa shape index (κ1) is 16.5. The predicted octanol–water partition coefficient (Wildman–Crippen LogP) is 3.75. The molecule has 4 heteroatoms. The molecule has 1 aliphatic heterocycles. The van der Waals surface area contributed by atoms with Crippen molar-refractivity contribution in [2.24, 2.45) is 0 Å². The third-order valence-corrected chi connectivity index (χ3v) is 5.02. The molecule has 0 atom stereocenters. The normalized spacial score (nSPS) is 14.5. The predicted molar refractivity (Wildman–Crippen MR) is 105 cm³/mol. The van der Waals surface area contributed by atoms with Crippen molar-refractivity contribution in [2.45, 2.75) is 6.92 Å². The summed E-state index contributed by atoms with van der Waals surface area (Å²) in [5, 5.41) is 0. The van der Waals surface area contributed by atoms with E-state index in [9.17, 15) is 4.79 Å². The molecule has 2 aromatic carbocycles. The topological polar surface area (TPSA) is 28.5 Å². The van der Waals surface area contributed by atoms with Crippen molar-refractivity contribution in [1.29, 1.82) is 0 Å². The fourth-order valence-corrected chi connectivity index (χ4v) is 3.56. The first-order chi connectivity index (χ1) is 12.7. The number of aromatic nitrogens is 1. The number of amides is 1. The van der Waals surface area contributed by atoms with Gasteiger partial charge in [0.25, 0.3) is 5.91 Å². The van der Waals surface area contributed by atoms with Crippen LogP contribution in [0.3, 0.4) is 0 Å². The van der Waals surface area contributed by atoms with Gasteiger partial charge in [-0.3, -0.25) is 4.79 Å². The van der Waals surface area contributed by atoms with E-state index in [1.807, 2.05) is 58.3 Å². The fraction of sp³-hybridized carbons (Fsp3) is 0.227. The van der Waals surface area contributed by atoms with E-state index in [0.717, 1.165) is 37.4 Å². The number of hydrogen-bond acceptors (Lipinski definition) is 2. The largest absolute Gasteiger partial charge is 0.368 e. The maximum absolute atomic E-state index is 12.9. The smallest absolute Gasteiger partial charge is 0.254 e. The lowest BCUT2D eigenvalue weighted by atomic mass is 10.1. The average Bonchev–Trinajstić information content (AvgIpc) is 3.23. The minimum Gasteiger partial charge on any atom is -0.368 e. The molecule has 1 aromatic heterocycles. The SMILES string of the molecule is Cc1ccccc1N1CCN(C(=O)c2cccc(-n3cccc3)c2)CC1. The quantitative estimate of drug-likeness (QED) is 0.723. The van der Waals surface area contributed by atoms with Crippen LogP contribution in [0.4, 0.5) is 5.69 Å². The zero-order chi connectivity index (χ0) is 17.9. The Bertz CT molecular complexity index is 893. The summed E-state index contributed by atoms with van der Waals surface area (Å²) in [6, 6.07) is 20.3. The summed E-state index contributed by atoms with van der Waals surface area (Å²) in [6.45, 7) is 5.38. The van der Waals surface area contributed by atoms with Gasteiger partial charge in [0.1, 0.15) is 0 Å². The first-order valence-electron chi connectivity index (χ1n) is 9.05. The summed E-state index contributed by atoms with van der Waals surface area (Å²) < 4.78 is 2.02. The summed E-state index contributed by atoms with van der Waals surface area (Å²) in [6.07, 6.45) is 3.98. The van der Waals surface area contributed by atoms with Crippen molar-refractivity contribution in [3.8, 4) is 5.69 Å². The molecule has 26 heavy (non-hydrogen) atoms. The second-order valence-corrected chi connectivity index (χ2v) is 6.71. The van der Waals surface area contributed by atoms with Crippen LogP contribution in [0, 0.1) is 6.92 Å². The number of aryl methyl sites for hydroxylation is 1. The van der Waals surface area contributed by atoms with Gasteiger partial charge in [-0.25, -0.2) is 0 Å². The first-order valence-corrected chi connectivity index (χ1v) is 9.05. The molecule has 1 amide bonds. The fourth-order valence-electron chi connectivity index (χ4n) is 3.56. The van der Waals surface area contributed by atoms with Crippen LogP contribution >= 0.6 is 0 Å². The van der Waals surface area contributed by atoms with Crippen molar-refractivity contribution in [3.63, 3.8) is 0 Å². The van der Waals surface area contributed by atoms with E-state index in [1.165, 1.54) is 11.3 Å². The van der Waals surface area contributed by atoms with Gasteiger partial charge in [0.2, 0.25) is 0 Å². The molecule has 1 aliphatic rings. The molecule has 0 saturated carbocycles. The Morgan fingerprint density at radius 3 is 2.31 bits per heavy atom. The molecule has 0 aliphatic carbocycles. The van der Waals surface area contributed by atoms with Crippen LogP contribution in [-0.2, 0) is 0 Å². The van der Waals surface area contributed by atoms with Crippen molar-refractivity contribution in [2.75, 3.05) is 31.1 Å². The second-order valence-electron chi connectivity index (χ2n) is 6.71. The lowest BCUT2D eigenvalue weighted by Crippen LogP contribution is -2.49. The van der Waals surface area contributed by atoms with E-state index >= 15 is 0 Å². The highest BCUT2D eigenvalue weighted by molar-refractivity contribution is 5.95. The standard InChI is InChI=1S/C22H23N3O/c1-18-7-2-3-10-21(18)24-13-15-25(16-14-24)22(26)19-8-6-9-20(17-19)23-11-4-5-12-23/h2-12,17H,13-16H2,1H3. The number of para-hydroxylation sites is 1. The van der Waals surface area contributed by atoms with Crippen LogP contribution in [0.25, 0.3) is 5.69 Å². The number of carbonyl (C=O) groups is 1. The molecule has 0 N–H and O–H groups in total. The summed E-state index contributed by atoms with van der Waals surface area (Å²) >= 11 is 0. The Hall–Kier alpha value is -3.01. The summed E-state index contributed by atoms with van der Waals surface area (Å²) in [5.74, 6) is 0.114. The highest BCUT2D eigenvalue weighted by Crippen LogP contribution is 2.21. The molecule has 3 aromatic rings. The van der Waals surface area contributed by atoms with Gasteiger partial charge >= 0.3 is 0 Å². The second kappa shape index (κ2) is 7.08. The molecule has 0 radical (unpaired) electrons. The van der Waals surface area contributed by atoms with Crippen LogP contribution in [0.1, 0.15) is 15.9 Å². The molecule has 4 rings (SSSR count). The average molecular weight is 345 g/mol. The van der Waals surface area contributed by atoms with Crippen molar-refractivity contribution in [3.05, 3.63) is 84.2 Å². The van der Waals surface area contributed by atoms with Gasteiger partial charge in [0.05, 0.1) is 0 Å². The molecular weight excluding hydrogens is 322 g/mol. The van der Waals surface area contributed by atoms with Crippen LogP contribution in [0.5, 0.6) is 0 Å². The minimum absolute atomic E-state index is 0.114.